The fraction of sp³-hybridized carbons (Fsp3) is 0.222. The molecule has 2 amide bonds. The summed E-state index contributed by atoms with van der Waals surface area (Å²) < 4.78 is 2.29. The van der Waals surface area contributed by atoms with Crippen LogP contribution < -0.4 is 10.2 Å². The first-order valence-electron chi connectivity index (χ1n) is 10.9. The van der Waals surface area contributed by atoms with Crippen molar-refractivity contribution in [3.05, 3.63) is 96.7 Å². The van der Waals surface area contributed by atoms with Crippen molar-refractivity contribution in [3.63, 3.8) is 0 Å². The van der Waals surface area contributed by atoms with Gasteiger partial charge in [0.2, 0.25) is 0 Å². The molecule has 1 N–H and O–H groups in total. The van der Waals surface area contributed by atoms with Crippen LogP contribution in [-0.4, -0.2) is 16.6 Å². The first-order chi connectivity index (χ1) is 15.2. The fourth-order valence-corrected chi connectivity index (χ4v) is 4.04. The van der Waals surface area contributed by atoms with E-state index < -0.39 is 0 Å². The maximum atomic E-state index is 13.2. The topological polar surface area (TPSA) is 37.3 Å². The van der Waals surface area contributed by atoms with Crippen molar-refractivity contribution in [1.29, 1.82) is 0 Å². The zero-order valence-corrected chi connectivity index (χ0v) is 18.2. The molecule has 4 heteroatoms. The first-order valence-corrected chi connectivity index (χ1v) is 10.9. The Bertz CT molecular complexity index is 1100. The first kappa shape index (κ1) is 20.7. The molecule has 0 aliphatic carbocycles. The summed E-state index contributed by atoms with van der Waals surface area (Å²) in [5, 5.41) is 4.50. The van der Waals surface area contributed by atoms with Gasteiger partial charge in [-0.2, -0.15) is 0 Å². The van der Waals surface area contributed by atoms with E-state index in [4.69, 9.17) is 0 Å². The Morgan fingerprint density at radius 1 is 0.903 bits per heavy atom. The van der Waals surface area contributed by atoms with E-state index in [0.29, 0.717) is 0 Å². The molecule has 1 aromatic heterocycles. The summed E-state index contributed by atoms with van der Waals surface area (Å²) in [6.07, 6.45) is 4.05. The van der Waals surface area contributed by atoms with Gasteiger partial charge in [-0.25, -0.2) is 4.79 Å². The van der Waals surface area contributed by atoms with Crippen molar-refractivity contribution in [2.75, 3.05) is 4.90 Å². The Morgan fingerprint density at radius 2 is 1.48 bits per heavy atom. The fourth-order valence-electron chi connectivity index (χ4n) is 4.04. The number of rotatable bonds is 7. The van der Waals surface area contributed by atoms with E-state index in [-0.39, 0.29) is 12.1 Å². The van der Waals surface area contributed by atoms with Gasteiger partial charge in [0, 0.05) is 29.7 Å². The molecule has 3 aromatic carbocycles. The van der Waals surface area contributed by atoms with Crippen LogP contribution in [0, 0.1) is 0 Å². The van der Waals surface area contributed by atoms with Crippen molar-refractivity contribution in [2.24, 2.45) is 0 Å². The van der Waals surface area contributed by atoms with Crippen LogP contribution >= 0.6 is 0 Å². The van der Waals surface area contributed by atoms with Crippen molar-refractivity contribution in [2.45, 2.75) is 39.3 Å². The van der Waals surface area contributed by atoms with Gasteiger partial charge in [0.15, 0.2) is 0 Å². The highest BCUT2D eigenvalue weighted by atomic mass is 16.2. The van der Waals surface area contributed by atoms with Gasteiger partial charge in [-0.15, -0.1) is 0 Å². The quantitative estimate of drug-likeness (QED) is 0.369. The SMILES string of the molecule is CCn1cc(CC[C@@H](C)NC(=O)N(c2ccccc2)c2ccccc2)c2ccccc21. The minimum atomic E-state index is -0.110. The largest absolute Gasteiger partial charge is 0.347 e. The summed E-state index contributed by atoms with van der Waals surface area (Å²) in [7, 11) is 0. The summed E-state index contributed by atoms with van der Waals surface area (Å²) in [5.41, 5.74) is 4.31. The molecule has 4 rings (SSSR count). The molecule has 0 radical (unpaired) electrons. The minimum absolute atomic E-state index is 0.0474. The number of hydrogen-bond acceptors (Lipinski definition) is 1. The second-order valence-electron chi connectivity index (χ2n) is 7.85. The van der Waals surface area contributed by atoms with Gasteiger partial charge < -0.3 is 9.88 Å². The van der Waals surface area contributed by atoms with Crippen LogP contribution in [0.1, 0.15) is 25.8 Å². The average molecular weight is 412 g/mol. The molecule has 158 valence electrons. The molecule has 0 saturated carbocycles. The summed E-state index contributed by atoms with van der Waals surface area (Å²) in [5.74, 6) is 0. The number of nitrogens with one attached hydrogen (secondary N) is 1. The minimum Gasteiger partial charge on any atom is -0.347 e. The number of hydrogen-bond donors (Lipinski definition) is 1. The zero-order valence-electron chi connectivity index (χ0n) is 18.2. The third-order valence-electron chi connectivity index (χ3n) is 5.66. The molecule has 0 spiro atoms. The number of carbonyl (C=O) groups is 1. The molecule has 0 bridgehead atoms. The molecule has 0 aliphatic heterocycles. The number of para-hydroxylation sites is 3. The van der Waals surface area contributed by atoms with Gasteiger partial charge in [-0.1, -0.05) is 54.6 Å². The molecule has 1 atom stereocenters. The van der Waals surface area contributed by atoms with E-state index in [1.54, 1.807) is 4.90 Å². The van der Waals surface area contributed by atoms with E-state index in [9.17, 15) is 4.79 Å². The summed E-state index contributed by atoms with van der Waals surface area (Å²) in [4.78, 5) is 15.0. The number of aryl methyl sites for hydroxylation is 2. The molecule has 31 heavy (non-hydrogen) atoms. The monoisotopic (exact) mass is 411 g/mol. The van der Waals surface area contributed by atoms with Gasteiger partial charge in [-0.3, -0.25) is 4.90 Å². The van der Waals surface area contributed by atoms with Crippen molar-refractivity contribution in [3.8, 4) is 0 Å². The zero-order chi connectivity index (χ0) is 21.6. The van der Waals surface area contributed by atoms with Gasteiger partial charge in [-0.05, 0) is 62.6 Å². The Labute approximate surface area is 184 Å². The average Bonchev–Trinajstić information content (AvgIpc) is 3.17. The van der Waals surface area contributed by atoms with Gasteiger partial charge in [0.05, 0.1) is 11.4 Å². The number of urea groups is 1. The van der Waals surface area contributed by atoms with Crippen molar-refractivity contribution in [1.82, 2.24) is 9.88 Å². The molecule has 0 saturated heterocycles. The molecular weight excluding hydrogens is 382 g/mol. The summed E-state index contributed by atoms with van der Waals surface area (Å²) >= 11 is 0. The second kappa shape index (κ2) is 9.52. The van der Waals surface area contributed by atoms with Crippen LogP contribution in [0.5, 0.6) is 0 Å². The highest BCUT2D eigenvalue weighted by Crippen LogP contribution is 2.26. The molecule has 0 unspecified atom stereocenters. The standard InChI is InChI=1S/C27H29N3O/c1-3-29-20-22(25-16-10-11-17-26(25)29)19-18-21(2)28-27(31)30(23-12-6-4-7-13-23)24-14-8-5-9-15-24/h4-17,20-21H,3,18-19H2,1-2H3,(H,28,31)/t21-/m1/s1. The van der Waals surface area contributed by atoms with Gasteiger partial charge in [0.1, 0.15) is 0 Å². The lowest BCUT2D eigenvalue weighted by Crippen LogP contribution is -2.41. The third kappa shape index (κ3) is 4.64. The number of anilines is 2. The van der Waals surface area contributed by atoms with Crippen molar-refractivity contribution < 1.29 is 4.79 Å². The lowest BCUT2D eigenvalue weighted by molar-refractivity contribution is 0.245. The summed E-state index contributed by atoms with van der Waals surface area (Å²) in [6, 6.07) is 28.0. The number of benzene rings is 3. The van der Waals surface area contributed by atoms with Crippen LogP contribution in [0.4, 0.5) is 16.2 Å². The van der Waals surface area contributed by atoms with E-state index >= 15 is 0 Å². The van der Waals surface area contributed by atoms with Crippen LogP contribution in [0.25, 0.3) is 10.9 Å². The Kier molecular flexibility index (Phi) is 6.37. The molecule has 4 nitrogen and oxygen atoms in total. The third-order valence-corrected chi connectivity index (χ3v) is 5.66. The number of aromatic nitrogens is 1. The maximum Gasteiger partial charge on any atom is 0.326 e. The van der Waals surface area contributed by atoms with E-state index in [2.05, 4.69) is 54.2 Å². The van der Waals surface area contributed by atoms with E-state index in [0.717, 1.165) is 30.8 Å². The van der Waals surface area contributed by atoms with Gasteiger partial charge >= 0.3 is 6.03 Å². The predicted molar refractivity (Wildman–Crippen MR) is 129 cm³/mol. The van der Waals surface area contributed by atoms with Crippen LogP contribution in [0.2, 0.25) is 0 Å². The second-order valence-corrected chi connectivity index (χ2v) is 7.85. The Hall–Kier alpha value is -3.53. The van der Waals surface area contributed by atoms with E-state index in [1.807, 2.05) is 60.7 Å². The number of carbonyl (C=O) groups excluding carboxylic acids is 1. The molecule has 4 aromatic rings. The van der Waals surface area contributed by atoms with Crippen LogP contribution in [-0.2, 0) is 13.0 Å². The lowest BCUT2D eigenvalue weighted by atomic mass is 10.1. The summed E-state index contributed by atoms with van der Waals surface area (Å²) in [6.45, 7) is 5.20. The number of nitrogens with zero attached hydrogens (tertiary/aromatic N) is 2. The molecule has 0 aliphatic rings. The predicted octanol–water partition coefficient (Wildman–Crippen LogP) is 6.53. The van der Waals surface area contributed by atoms with Gasteiger partial charge in [0.25, 0.3) is 0 Å². The highest BCUT2D eigenvalue weighted by molar-refractivity contribution is 5.99. The Balaban J connectivity index is 1.47. The van der Waals surface area contributed by atoms with Crippen molar-refractivity contribution >= 4 is 28.3 Å². The van der Waals surface area contributed by atoms with Crippen LogP contribution in [0.15, 0.2) is 91.1 Å². The number of amides is 2. The molecule has 1 heterocycles. The molecular formula is C27H29N3O. The van der Waals surface area contributed by atoms with E-state index in [1.165, 1.54) is 16.5 Å². The number of fused-ring (bicyclic) bond motifs is 1. The maximum absolute atomic E-state index is 13.2. The Morgan fingerprint density at radius 3 is 2.10 bits per heavy atom. The highest BCUT2D eigenvalue weighted by Gasteiger charge is 2.19. The smallest absolute Gasteiger partial charge is 0.326 e. The molecule has 0 fully saturated rings. The lowest BCUT2D eigenvalue weighted by Gasteiger charge is -2.25. The van der Waals surface area contributed by atoms with Crippen LogP contribution in [0.3, 0.4) is 0 Å². The normalized spacial score (nSPS) is 11.9.